The lowest BCUT2D eigenvalue weighted by atomic mass is 9.79. The minimum absolute atomic E-state index is 0. The highest BCUT2D eigenvalue weighted by molar-refractivity contribution is 14.0. The average Bonchev–Trinajstić information content (AvgIpc) is 3.13. The molecule has 1 aromatic rings. The maximum Gasteiger partial charge on any atom is 0.191 e. The SMILES string of the molecule is CCNC(=NCC(C)(C)CCS(C)(=O)=O)NCC1(c2ccccc2)CCCC1.I. The molecule has 0 heterocycles. The lowest BCUT2D eigenvalue weighted by Gasteiger charge is -2.31. The first kappa shape index (κ1) is 26.2. The van der Waals surface area contributed by atoms with Crippen LogP contribution >= 0.6 is 24.0 Å². The van der Waals surface area contributed by atoms with Gasteiger partial charge in [-0.2, -0.15) is 0 Å². The Morgan fingerprint density at radius 3 is 2.31 bits per heavy atom. The van der Waals surface area contributed by atoms with Gasteiger partial charge in [0.1, 0.15) is 9.84 Å². The summed E-state index contributed by atoms with van der Waals surface area (Å²) in [5.41, 5.74) is 1.42. The predicted octanol–water partition coefficient (Wildman–Crippen LogP) is 4.13. The Kier molecular flexibility index (Phi) is 10.4. The van der Waals surface area contributed by atoms with Crippen LogP contribution in [0.15, 0.2) is 35.3 Å². The number of aliphatic imine (C=N–C) groups is 1. The molecule has 0 aliphatic heterocycles. The summed E-state index contributed by atoms with van der Waals surface area (Å²) in [6.07, 6.45) is 6.84. The molecule has 0 spiro atoms. The fraction of sp³-hybridized carbons (Fsp3) is 0.682. The number of benzene rings is 1. The van der Waals surface area contributed by atoms with Gasteiger partial charge in [-0.05, 0) is 37.2 Å². The highest BCUT2D eigenvalue weighted by atomic mass is 127. The summed E-state index contributed by atoms with van der Waals surface area (Å²) >= 11 is 0. The van der Waals surface area contributed by atoms with E-state index in [2.05, 4.69) is 61.7 Å². The van der Waals surface area contributed by atoms with Crippen molar-refractivity contribution in [2.45, 2.75) is 58.3 Å². The molecule has 2 N–H and O–H groups in total. The van der Waals surface area contributed by atoms with Gasteiger partial charge in [-0.3, -0.25) is 4.99 Å². The fourth-order valence-corrected chi connectivity index (χ4v) is 4.76. The van der Waals surface area contributed by atoms with E-state index in [1.54, 1.807) is 0 Å². The van der Waals surface area contributed by atoms with Gasteiger partial charge in [-0.1, -0.05) is 57.0 Å². The quantitative estimate of drug-likeness (QED) is 0.284. The molecule has 7 heteroatoms. The standard InChI is InChI=1S/C22H37N3O2S.HI/c1-5-23-20(24-17-21(2,3)15-16-28(4,26)27)25-18-22(13-9-10-14-22)19-11-7-6-8-12-19;/h6-8,11-12H,5,9-10,13-18H2,1-4H3,(H2,23,24,25);1H. The van der Waals surface area contributed by atoms with Gasteiger partial charge in [0.05, 0.1) is 5.75 Å². The van der Waals surface area contributed by atoms with Crippen molar-refractivity contribution in [3.8, 4) is 0 Å². The summed E-state index contributed by atoms with van der Waals surface area (Å²) in [7, 11) is -2.95. The summed E-state index contributed by atoms with van der Waals surface area (Å²) in [6.45, 7) is 8.48. The molecule has 5 nitrogen and oxygen atoms in total. The van der Waals surface area contributed by atoms with Crippen molar-refractivity contribution in [1.82, 2.24) is 10.6 Å². The monoisotopic (exact) mass is 535 g/mol. The Hall–Kier alpha value is -0.830. The molecule has 0 bridgehead atoms. The van der Waals surface area contributed by atoms with Crippen LogP contribution in [-0.4, -0.2) is 46.0 Å². The van der Waals surface area contributed by atoms with Gasteiger partial charge in [-0.25, -0.2) is 8.42 Å². The van der Waals surface area contributed by atoms with E-state index in [0.717, 1.165) is 19.0 Å². The van der Waals surface area contributed by atoms with Gasteiger partial charge in [0.25, 0.3) is 0 Å². The number of guanidine groups is 1. The van der Waals surface area contributed by atoms with Crippen molar-refractivity contribution in [2.75, 3.05) is 31.6 Å². The largest absolute Gasteiger partial charge is 0.357 e. The molecule has 1 fully saturated rings. The molecule has 2 rings (SSSR count). The van der Waals surface area contributed by atoms with Gasteiger partial charge in [0, 0.05) is 31.3 Å². The maximum absolute atomic E-state index is 11.5. The molecule has 1 saturated carbocycles. The van der Waals surface area contributed by atoms with Crippen LogP contribution in [0.2, 0.25) is 0 Å². The first-order valence-corrected chi connectivity index (χ1v) is 12.5. The van der Waals surface area contributed by atoms with Gasteiger partial charge in [-0.15, -0.1) is 24.0 Å². The van der Waals surface area contributed by atoms with Crippen molar-refractivity contribution in [3.05, 3.63) is 35.9 Å². The summed E-state index contributed by atoms with van der Waals surface area (Å²) in [5.74, 6) is 1.02. The van der Waals surface area contributed by atoms with E-state index in [-0.39, 0.29) is 40.6 Å². The van der Waals surface area contributed by atoms with Crippen LogP contribution in [-0.2, 0) is 15.3 Å². The minimum Gasteiger partial charge on any atom is -0.357 e. The summed E-state index contributed by atoms with van der Waals surface area (Å²) in [5, 5.41) is 6.91. The van der Waals surface area contributed by atoms with Crippen LogP contribution < -0.4 is 10.6 Å². The third-order valence-corrected chi connectivity index (χ3v) is 6.65. The second-order valence-electron chi connectivity index (χ2n) is 8.95. The topological polar surface area (TPSA) is 70.6 Å². The first-order valence-electron chi connectivity index (χ1n) is 10.4. The summed E-state index contributed by atoms with van der Waals surface area (Å²) < 4.78 is 23.0. The zero-order chi connectivity index (χ0) is 20.7. The van der Waals surface area contributed by atoms with Crippen molar-refractivity contribution < 1.29 is 8.42 Å². The Morgan fingerprint density at radius 1 is 1.14 bits per heavy atom. The third kappa shape index (κ3) is 8.82. The molecule has 1 aromatic carbocycles. The van der Waals surface area contributed by atoms with Crippen LogP contribution in [0.25, 0.3) is 0 Å². The van der Waals surface area contributed by atoms with Gasteiger partial charge in [0.2, 0.25) is 0 Å². The molecular weight excluding hydrogens is 497 g/mol. The highest BCUT2D eigenvalue weighted by Gasteiger charge is 2.35. The van der Waals surface area contributed by atoms with Crippen molar-refractivity contribution in [3.63, 3.8) is 0 Å². The van der Waals surface area contributed by atoms with Gasteiger partial charge in [0.15, 0.2) is 5.96 Å². The van der Waals surface area contributed by atoms with E-state index < -0.39 is 9.84 Å². The zero-order valence-electron chi connectivity index (χ0n) is 18.3. The molecule has 1 aliphatic carbocycles. The Balaban J connectivity index is 0.00000420. The van der Waals surface area contributed by atoms with Crippen LogP contribution in [0.3, 0.4) is 0 Å². The highest BCUT2D eigenvalue weighted by Crippen LogP contribution is 2.40. The predicted molar refractivity (Wildman–Crippen MR) is 134 cm³/mol. The number of nitrogens with zero attached hydrogens (tertiary/aromatic N) is 1. The van der Waals surface area contributed by atoms with Crippen molar-refractivity contribution in [2.24, 2.45) is 10.4 Å². The molecule has 0 unspecified atom stereocenters. The van der Waals surface area contributed by atoms with Crippen LogP contribution in [0.5, 0.6) is 0 Å². The molecule has 0 amide bonds. The Morgan fingerprint density at radius 2 is 1.76 bits per heavy atom. The first-order chi connectivity index (χ1) is 13.2. The number of hydrogen-bond acceptors (Lipinski definition) is 3. The lowest BCUT2D eigenvalue weighted by molar-refractivity contribution is 0.364. The van der Waals surface area contributed by atoms with Gasteiger partial charge < -0.3 is 10.6 Å². The number of nitrogens with one attached hydrogen (secondary N) is 2. The maximum atomic E-state index is 11.5. The third-order valence-electron chi connectivity index (χ3n) is 5.70. The number of rotatable bonds is 9. The van der Waals surface area contributed by atoms with Crippen molar-refractivity contribution >= 4 is 39.8 Å². The minimum atomic E-state index is -2.95. The molecule has 1 aliphatic rings. The molecular formula is C22H38IN3O2S. The molecule has 29 heavy (non-hydrogen) atoms. The van der Waals surface area contributed by atoms with Crippen LogP contribution in [0, 0.1) is 5.41 Å². The van der Waals surface area contributed by atoms with E-state index in [0.29, 0.717) is 13.0 Å². The Bertz CT molecular complexity index is 743. The molecule has 0 atom stereocenters. The van der Waals surface area contributed by atoms with Crippen molar-refractivity contribution in [1.29, 1.82) is 0 Å². The molecule has 0 radical (unpaired) electrons. The van der Waals surface area contributed by atoms with E-state index in [1.807, 2.05) is 0 Å². The van der Waals surface area contributed by atoms with E-state index >= 15 is 0 Å². The Labute approximate surface area is 194 Å². The molecule has 0 saturated heterocycles. The normalized spacial score (nSPS) is 16.9. The van der Waals surface area contributed by atoms with Gasteiger partial charge >= 0.3 is 0 Å². The van der Waals surface area contributed by atoms with E-state index in [4.69, 9.17) is 4.99 Å². The molecule has 166 valence electrons. The second-order valence-corrected chi connectivity index (χ2v) is 11.2. The zero-order valence-corrected chi connectivity index (χ0v) is 21.5. The van der Waals surface area contributed by atoms with E-state index in [1.165, 1.54) is 37.5 Å². The number of halogens is 1. The van der Waals surface area contributed by atoms with Crippen LogP contribution in [0.1, 0.15) is 58.4 Å². The molecule has 0 aromatic heterocycles. The lowest BCUT2D eigenvalue weighted by Crippen LogP contribution is -2.45. The smallest absolute Gasteiger partial charge is 0.191 e. The number of hydrogen-bond donors (Lipinski definition) is 2. The van der Waals surface area contributed by atoms with Crippen LogP contribution in [0.4, 0.5) is 0 Å². The summed E-state index contributed by atoms with van der Waals surface area (Å²) in [6, 6.07) is 10.8. The average molecular weight is 536 g/mol. The number of sulfone groups is 1. The fourth-order valence-electron chi connectivity index (χ4n) is 3.84. The summed E-state index contributed by atoms with van der Waals surface area (Å²) in [4.78, 5) is 4.77. The van der Waals surface area contributed by atoms with E-state index in [9.17, 15) is 8.42 Å². The second kappa shape index (κ2) is 11.5.